The lowest BCUT2D eigenvalue weighted by Gasteiger charge is -2.21. The zero-order chi connectivity index (χ0) is 17.4. The Hall–Kier alpha value is -3.40. The molecule has 7 heteroatoms. The molecule has 0 saturated carbocycles. The first kappa shape index (κ1) is 17.0. The summed E-state index contributed by atoms with van der Waals surface area (Å²) in [5.41, 5.74) is 0.404. The van der Waals surface area contributed by atoms with Crippen molar-refractivity contribution in [2.24, 2.45) is 0 Å². The van der Waals surface area contributed by atoms with E-state index in [1.54, 1.807) is 30.3 Å². The predicted octanol–water partition coefficient (Wildman–Crippen LogP) is 1.42. The van der Waals surface area contributed by atoms with Gasteiger partial charge >= 0.3 is 11.7 Å². The minimum absolute atomic E-state index is 0.147. The van der Waals surface area contributed by atoms with E-state index in [9.17, 15) is 14.8 Å². The van der Waals surface area contributed by atoms with Gasteiger partial charge in [-0.3, -0.25) is 4.79 Å². The standard InChI is InChI=1S/C17H15N3O4/c18-10-6-11-19(14-7-2-1-3-8-14)16(21)13-24-17(22)15-9-4-5-12-20(15)23/h1-5,7-9,12H,6,11,13H2. The predicted molar refractivity (Wildman–Crippen MR) is 84.7 cm³/mol. The number of carbonyl (C=O) groups excluding carboxylic acids is 2. The molecule has 0 bridgehead atoms. The molecule has 0 aliphatic carbocycles. The van der Waals surface area contributed by atoms with Gasteiger partial charge in [0.2, 0.25) is 0 Å². The highest BCUT2D eigenvalue weighted by Gasteiger charge is 2.21. The maximum absolute atomic E-state index is 12.3. The van der Waals surface area contributed by atoms with Gasteiger partial charge in [0.25, 0.3) is 5.91 Å². The van der Waals surface area contributed by atoms with Crippen molar-refractivity contribution in [1.29, 1.82) is 5.26 Å². The summed E-state index contributed by atoms with van der Waals surface area (Å²) in [6.45, 7) is -0.335. The second-order valence-electron chi connectivity index (χ2n) is 4.78. The number of esters is 1. The van der Waals surface area contributed by atoms with Gasteiger partial charge in [0.15, 0.2) is 12.8 Å². The third-order valence-electron chi connectivity index (χ3n) is 3.18. The molecule has 1 aromatic heterocycles. The summed E-state index contributed by atoms with van der Waals surface area (Å²) in [7, 11) is 0. The Morgan fingerprint density at radius 2 is 1.88 bits per heavy atom. The van der Waals surface area contributed by atoms with Crippen molar-refractivity contribution >= 4 is 17.6 Å². The lowest BCUT2D eigenvalue weighted by molar-refractivity contribution is -0.608. The summed E-state index contributed by atoms with van der Waals surface area (Å²) >= 11 is 0. The summed E-state index contributed by atoms with van der Waals surface area (Å²) in [6.07, 6.45) is 1.31. The number of carbonyl (C=O) groups is 2. The Labute approximate surface area is 138 Å². The third kappa shape index (κ3) is 4.30. The lowest BCUT2D eigenvalue weighted by atomic mass is 10.2. The van der Waals surface area contributed by atoms with E-state index in [4.69, 9.17) is 10.00 Å². The van der Waals surface area contributed by atoms with Crippen LogP contribution in [0.3, 0.4) is 0 Å². The lowest BCUT2D eigenvalue weighted by Crippen LogP contribution is -2.38. The maximum atomic E-state index is 12.3. The van der Waals surface area contributed by atoms with Crippen LogP contribution < -0.4 is 9.63 Å². The van der Waals surface area contributed by atoms with Gasteiger partial charge in [0.1, 0.15) is 0 Å². The second kappa shape index (κ2) is 8.29. The minimum atomic E-state index is -0.882. The number of para-hydroxylation sites is 1. The summed E-state index contributed by atoms with van der Waals surface area (Å²) in [5, 5.41) is 20.2. The van der Waals surface area contributed by atoms with Gasteiger partial charge in [-0.25, -0.2) is 4.79 Å². The summed E-state index contributed by atoms with van der Waals surface area (Å²) in [4.78, 5) is 25.6. The van der Waals surface area contributed by atoms with E-state index in [-0.39, 0.29) is 18.7 Å². The third-order valence-corrected chi connectivity index (χ3v) is 3.18. The molecule has 0 saturated heterocycles. The highest BCUT2D eigenvalue weighted by molar-refractivity contribution is 5.96. The highest BCUT2D eigenvalue weighted by atomic mass is 16.5. The van der Waals surface area contributed by atoms with Gasteiger partial charge in [-0.15, -0.1) is 0 Å². The number of nitriles is 1. The van der Waals surface area contributed by atoms with Crippen LogP contribution in [-0.4, -0.2) is 25.0 Å². The summed E-state index contributed by atoms with van der Waals surface area (Å²) in [6, 6.07) is 15.1. The molecular formula is C17H15N3O4. The monoisotopic (exact) mass is 325 g/mol. The van der Waals surface area contributed by atoms with Crippen molar-refractivity contribution in [3.63, 3.8) is 0 Å². The van der Waals surface area contributed by atoms with Gasteiger partial charge in [-0.2, -0.15) is 9.99 Å². The van der Waals surface area contributed by atoms with Crippen molar-refractivity contribution in [2.45, 2.75) is 6.42 Å². The maximum Gasteiger partial charge on any atom is 0.405 e. The first-order chi connectivity index (χ1) is 11.6. The van der Waals surface area contributed by atoms with Crippen LogP contribution >= 0.6 is 0 Å². The Bertz CT molecular complexity index is 756. The van der Waals surface area contributed by atoms with E-state index in [2.05, 4.69) is 0 Å². The first-order valence-electron chi connectivity index (χ1n) is 7.21. The van der Waals surface area contributed by atoms with Gasteiger partial charge < -0.3 is 14.8 Å². The molecule has 7 nitrogen and oxygen atoms in total. The molecule has 0 spiro atoms. The van der Waals surface area contributed by atoms with Gasteiger partial charge in [0.05, 0.1) is 12.5 Å². The molecule has 24 heavy (non-hydrogen) atoms. The average Bonchev–Trinajstić information content (AvgIpc) is 2.61. The molecule has 0 aliphatic rings. The number of anilines is 1. The topological polar surface area (TPSA) is 97.3 Å². The first-order valence-corrected chi connectivity index (χ1v) is 7.21. The minimum Gasteiger partial charge on any atom is -0.618 e. The quantitative estimate of drug-likeness (QED) is 0.454. The normalized spacial score (nSPS) is 9.79. The van der Waals surface area contributed by atoms with Crippen molar-refractivity contribution in [1.82, 2.24) is 0 Å². The van der Waals surface area contributed by atoms with Gasteiger partial charge in [-0.1, -0.05) is 18.2 Å². The van der Waals surface area contributed by atoms with Crippen LogP contribution in [0.5, 0.6) is 0 Å². The highest BCUT2D eigenvalue weighted by Crippen LogP contribution is 2.14. The molecular weight excluding hydrogens is 310 g/mol. The summed E-state index contributed by atoms with van der Waals surface area (Å²) in [5.74, 6) is -1.36. The number of benzene rings is 1. The number of ether oxygens (including phenoxy) is 1. The fraction of sp³-hybridized carbons (Fsp3) is 0.176. The fourth-order valence-corrected chi connectivity index (χ4v) is 2.03. The zero-order valence-electron chi connectivity index (χ0n) is 12.8. The average molecular weight is 325 g/mol. The molecule has 1 amide bonds. The van der Waals surface area contributed by atoms with Crippen molar-refractivity contribution in [3.8, 4) is 6.07 Å². The van der Waals surface area contributed by atoms with Crippen LogP contribution in [0.25, 0.3) is 0 Å². The van der Waals surface area contributed by atoms with Gasteiger partial charge in [0, 0.05) is 24.4 Å². The second-order valence-corrected chi connectivity index (χ2v) is 4.78. The van der Waals surface area contributed by atoms with Crippen LogP contribution in [0.15, 0.2) is 54.7 Å². The van der Waals surface area contributed by atoms with E-state index < -0.39 is 18.5 Å². The number of hydrogen-bond acceptors (Lipinski definition) is 5. The SMILES string of the molecule is N#CCCN(C(=O)COC(=O)c1cccc[n+]1[O-])c1ccccc1. The zero-order valence-corrected chi connectivity index (χ0v) is 12.8. The molecule has 2 rings (SSSR count). The van der Waals surface area contributed by atoms with Crippen molar-refractivity contribution in [2.75, 3.05) is 18.1 Å². The fourth-order valence-electron chi connectivity index (χ4n) is 2.03. The summed E-state index contributed by atoms with van der Waals surface area (Å²) < 4.78 is 5.29. The van der Waals surface area contributed by atoms with Crippen molar-refractivity contribution < 1.29 is 19.1 Å². The smallest absolute Gasteiger partial charge is 0.405 e. The number of hydrogen-bond donors (Lipinski definition) is 0. The van der Waals surface area contributed by atoms with E-state index in [1.807, 2.05) is 6.07 Å². The van der Waals surface area contributed by atoms with E-state index >= 15 is 0 Å². The number of pyridine rings is 1. The Morgan fingerprint density at radius 3 is 2.54 bits per heavy atom. The Morgan fingerprint density at radius 1 is 1.17 bits per heavy atom. The van der Waals surface area contributed by atoms with Crippen LogP contribution in [0.1, 0.15) is 16.9 Å². The molecule has 0 N–H and O–H groups in total. The Kier molecular flexibility index (Phi) is 5.86. The van der Waals surface area contributed by atoms with Crippen LogP contribution in [-0.2, 0) is 9.53 Å². The number of amides is 1. The van der Waals surface area contributed by atoms with Crippen LogP contribution in [0.2, 0.25) is 0 Å². The van der Waals surface area contributed by atoms with E-state index in [0.717, 1.165) is 0 Å². The molecule has 1 heterocycles. The number of rotatable bonds is 6. The molecule has 0 unspecified atom stereocenters. The largest absolute Gasteiger partial charge is 0.618 e. The molecule has 0 radical (unpaired) electrons. The van der Waals surface area contributed by atoms with Gasteiger partial charge in [-0.05, 0) is 18.2 Å². The van der Waals surface area contributed by atoms with E-state index in [1.165, 1.54) is 29.3 Å². The number of nitrogens with zero attached hydrogens (tertiary/aromatic N) is 3. The number of aromatic nitrogens is 1. The van der Waals surface area contributed by atoms with Crippen LogP contribution in [0, 0.1) is 16.5 Å². The Balaban J connectivity index is 2.04. The molecule has 0 atom stereocenters. The molecule has 122 valence electrons. The molecule has 0 aliphatic heterocycles. The van der Waals surface area contributed by atoms with Crippen LogP contribution in [0.4, 0.5) is 5.69 Å². The van der Waals surface area contributed by atoms with E-state index in [0.29, 0.717) is 10.4 Å². The van der Waals surface area contributed by atoms with Crippen molar-refractivity contribution in [3.05, 3.63) is 65.6 Å². The molecule has 0 fully saturated rings. The molecule has 2 aromatic rings. The molecule has 1 aromatic carbocycles.